The molecule has 0 radical (unpaired) electrons. The number of benzene rings is 1. The SMILES string of the molecule is C#Cc1cccc(NC(=O)C(=O)NC[C@@H](c2cnn(C)c2)N(C)C)c1. The van der Waals surface area contributed by atoms with Gasteiger partial charge in [0.05, 0.1) is 12.2 Å². The number of rotatable bonds is 5. The van der Waals surface area contributed by atoms with Gasteiger partial charge < -0.3 is 15.5 Å². The van der Waals surface area contributed by atoms with Crippen LogP contribution in [0.5, 0.6) is 0 Å². The van der Waals surface area contributed by atoms with Gasteiger partial charge in [-0.3, -0.25) is 14.3 Å². The Bertz CT molecular complexity index is 804. The van der Waals surface area contributed by atoms with Gasteiger partial charge in [-0.1, -0.05) is 12.0 Å². The lowest BCUT2D eigenvalue weighted by Gasteiger charge is -2.23. The molecule has 0 saturated carbocycles. The second-order valence-electron chi connectivity index (χ2n) is 5.82. The Morgan fingerprint density at radius 1 is 1.36 bits per heavy atom. The van der Waals surface area contributed by atoms with Gasteiger partial charge in [-0.05, 0) is 32.3 Å². The molecule has 130 valence electrons. The third-order valence-electron chi connectivity index (χ3n) is 3.68. The second-order valence-corrected chi connectivity index (χ2v) is 5.82. The maximum atomic E-state index is 12.1. The molecule has 25 heavy (non-hydrogen) atoms. The van der Waals surface area contributed by atoms with Crippen molar-refractivity contribution in [1.29, 1.82) is 0 Å². The summed E-state index contributed by atoms with van der Waals surface area (Å²) >= 11 is 0. The molecule has 0 aliphatic heterocycles. The molecule has 0 bridgehead atoms. The van der Waals surface area contributed by atoms with Gasteiger partial charge in [0, 0.05) is 36.6 Å². The first-order valence-corrected chi connectivity index (χ1v) is 7.71. The number of carbonyl (C=O) groups excluding carboxylic acids is 2. The number of carbonyl (C=O) groups is 2. The van der Waals surface area contributed by atoms with Crippen LogP contribution in [0.2, 0.25) is 0 Å². The minimum absolute atomic E-state index is 0.0878. The number of nitrogens with one attached hydrogen (secondary N) is 2. The van der Waals surface area contributed by atoms with E-state index in [0.29, 0.717) is 11.3 Å². The van der Waals surface area contributed by atoms with Crippen LogP contribution in [0.3, 0.4) is 0 Å². The van der Waals surface area contributed by atoms with Gasteiger partial charge in [-0.25, -0.2) is 0 Å². The Kier molecular flexibility index (Phi) is 5.93. The average molecular weight is 339 g/mol. The number of nitrogens with zero attached hydrogens (tertiary/aromatic N) is 3. The van der Waals surface area contributed by atoms with Gasteiger partial charge >= 0.3 is 11.8 Å². The Morgan fingerprint density at radius 3 is 2.72 bits per heavy atom. The first kappa shape index (κ1) is 18.2. The number of amides is 2. The molecule has 0 unspecified atom stereocenters. The van der Waals surface area contributed by atoms with Crippen LogP contribution in [0.25, 0.3) is 0 Å². The van der Waals surface area contributed by atoms with E-state index >= 15 is 0 Å². The number of hydrogen-bond acceptors (Lipinski definition) is 4. The molecular weight excluding hydrogens is 318 g/mol. The number of likely N-dealkylation sites (N-methyl/N-ethyl adjacent to an activating group) is 1. The zero-order valence-electron chi connectivity index (χ0n) is 14.5. The van der Waals surface area contributed by atoms with Crippen LogP contribution < -0.4 is 10.6 Å². The van der Waals surface area contributed by atoms with Crippen molar-refractivity contribution >= 4 is 17.5 Å². The van der Waals surface area contributed by atoms with Crippen molar-refractivity contribution in [2.24, 2.45) is 7.05 Å². The summed E-state index contributed by atoms with van der Waals surface area (Å²) in [6.07, 6.45) is 8.94. The first-order chi connectivity index (χ1) is 11.9. The van der Waals surface area contributed by atoms with Gasteiger partial charge in [-0.15, -0.1) is 6.42 Å². The quantitative estimate of drug-likeness (QED) is 0.623. The van der Waals surface area contributed by atoms with Crippen molar-refractivity contribution in [3.63, 3.8) is 0 Å². The summed E-state index contributed by atoms with van der Waals surface area (Å²) in [6, 6.07) is 6.67. The standard InChI is InChI=1S/C18H21N5O2/c1-5-13-7-6-8-15(9-13)21-18(25)17(24)19-11-16(22(2)3)14-10-20-23(4)12-14/h1,6-10,12,16H,11H2,2-4H3,(H,19,24)(H,21,25)/t16-/m0/s1. The van der Waals surface area contributed by atoms with E-state index in [4.69, 9.17) is 6.42 Å². The third kappa shape index (κ3) is 4.93. The molecule has 7 heteroatoms. The highest BCUT2D eigenvalue weighted by atomic mass is 16.2. The highest BCUT2D eigenvalue weighted by molar-refractivity contribution is 6.39. The molecule has 1 aromatic heterocycles. The Hall–Kier alpha value is -3.11. The zero-order valence-corrected chi connectivity index (χ0v) is 14.5. The van der Waals surface area contributed by atoms with E-state index < -0.39 is 11.8 Å². The molecule has 0 aliphatic rings. The summed E-state index contributed by atoms with van der Waals surface area (Å²) in [4.78, 5) is 26.0. The van der Waals surface area contributed by atoms with Crippen molar-refractivity contribution < 1.29 is 9.59 Å². The molecule has 2 amide bonds. The van der Waals surface area contributed by atoms with Crippen LogP contribution in [-0.2, 0) is 16.6 Å². The number of hydrogen-bond donors (Lipinski definition) is 2. The van der Waals surface area contributed by atoms with E-state index in [0.717, 1.165) is 5.56 Å². The predicted molar refractivity (Wildman–Crippen MR) is 95.7 cm³/mol. The summed E-state index contributed by atoms with van der Waals surface area (Å²) in [5, 5.41) is 9.32. The van der Waals surface area contributed by atoms with E-state index in [1.165, 1.54) is 0 Å². The topological polar surface area (TPSA) is 79.3 Å². The van der Waals surface area contributed by atoms with Crippen LogP contribution in [0.4, 0.5) is 5.69 Å². The monoisotopic (exact) mass is 339 g/mol. The number of anilines is 1. The largest absolute Gasteiger partial charge is 0.346 e. The van der Waals surface area contributed by atoms with Crippen molar-refractivity contribution in [3.8, 4) is 12.3 Å². The molecule has 1 atom stereocenters. The average Bonchev–Trinajstić information content (AvgIpc) is 3.00. The molecular formula is C18H21N5O2. The van der Waals surface area contributed by atoms with E-state index in [9.17, 15) is 9.59 Å². The maximum Gasteiger partial charge on any atom is 0.313 e. The molecule has 7 nitrogen and oxygen atoms in total. The molecule has 0 saturated heterocycles. The Labute approximate surface area is 147 Å². The lowest BCUT2D eigenvalue weighted by Crippen LogP contribution is -2.40. The van der Waals surface area contributed by atoms with Gasteiger partial charge in [0.25, 0.3) is 0 Å². The van der Waals surface area contributed by atoms with Crippen molar-refractivity contribution in [2.45, 2.75) is 6.04 Å². The molecule has 0 spiro atoms. The van der Waals surface area contributed by atoms with Crippen molar-refractivity contribution in [1.82, 2.24) is 20.0 Å². The summed E-state index contributed by atoms with van der Waals surface area (Å²) in [5.74, 6) is 1.03. The first-order valence-electron chi connectivity index (χ1n) is 7.71. The van der Waals surface area contributed by atoms with Crippen LogP contribution in [0, 0.1) is 12.3 Å². The van der Waals surface area contributed by atoms with E-state index in [1.54, 1.807) is 35.1 Å². The fourth-order valence-corrected chi connectivity index (χ4v) is 2.36. The van der Waals surface area contributed by atoms with Gasteiger partial charge in [-0.2, -0.15) is 5.10 Å². The summed E-state index contributed by atoms with van der Waals surface area (Å²) in [5.41, 5.74) is 2.06. The molecule has 2 rings (SSSR count). The lowest BCUT2D eigenvalue weighted by molar-refractivity contribution is -0.136. The van der Waals surface area contributed by atoms with Crippen molar-refractivity contribution in [2.75, 3.05) is 26.0 Å². The minimum Gasteiger partial charge on any atom is -0.346 e. The van der Waals surface area contributed by atoms with Gasteiger partial charge in [0.1, 0.15) is 0 Å². The molecule has 1 heterocycles. The fourth-order valence-electron chi connectivity index (χ4n) is 2.36. The molecule has 0 aliphatic carbocycles. The number of terminal acetylenes is 1. The smallest absolute Gasteiger partial charge is 0.313 e. The second kappa shape index (κ2) is 8.13. The highest BCUT2D eigenvalue weighted by Gasteiger charge is 2.20. The van der Waals surface area contributed by atoms with Crippen LogP contribution in [-0.4, -0.2) is 47.1 Å². The predicted octanol–water partition coefficient (Wildman–Crippen LogP) is 0.759. The zero-order chi connectivity index (χ0) is 18.4. The number of aryl methyl sites for hydroxylation is 1. The number of aromatic nitrogens is 2. The van der Waals surface area contributed by atoms with Crippen molar-refractivity contribution in [3.05, 3.63) is 47.8 Å². The van der Waals surface area contributed by atoms with E-state index in [2.05, 4.69) is 21.7 Å². The van der Waals surface area contributed by atoms with Crippen LogP contribution in [0.1, 0.15) is 17.2 Å². The Morgan fingerprint density at radius 2 is 2.12 bits per heavy atom. The van der Waals surface area contributed by atoms with Crippen LogP contribution in [0.15, 0.2) is 36.7 Å². The maximum absolute atomic E-state index is 12.1. The van der Waals surface area contributed by atoms with E-state index in [-0.39, 0.29) is 12.6 Å². The molecule has 1 aromatic carbocycles. The molecule has 0 fully saturated rings. The minimum atomic E-state index is -0.738. The fraction of sp³-hybridized carbons (Fsp3) is 0.278. The highest BCUT2D eigenvalue weighted by Crippen LogP contribution is 2.16. The summed E-state index contributed by atoms with van der Waals surface area (Å²) < 4.78 is 1.69. The van der Waals surface area contributed by atoms with Gasteiger partial charge in [0.15, 0.2) is 0 Å². The van der Waals surface area contributed by atoms with E-state index in [1.807, 2.05) is 32.2 Å². The third-order valence-corrected chi connectivity index (χ3v) is 3.68. The van der Waals surface area contributed by atoms with Gasteiger partial charge in [0.2, 0.25) is 0 Å². The molecule has 2 aromatic rings. The summed E-state index contributed by atoms with van der Waals surface area (Å²) in [6.45, 7) is 0.287. The normalized spacial score (nSPS) is 11.6. The van der Waals surface area contributed by atoms with Crippen LogP contribution >= 0.6 is 0 Å². The Balaban J connectivity index is 1.96. The molecule has 2 N–H and O–H groups in total. The summed E-state index contributed by atoms with van der Waals surface area (Å²) in [7, 11) is 5.62. The lowest BCUT2D eigenvalue weighted by atomic mass is 10.1.